The maximum Gasteiger partial charge on any atom is 0.194 e. The van der Waals surface area contributed by atoms with Gasteiger partial charge in [-0.05, 0) is 24.8 Å². The van der Waals surface area contributed by atoms with Gasteiger partial charge in [0.25, 0.3) is 0 Å². The van der Waals surface area contributed by atoms with Crippen LogP contribution < -0.4 is 5.73 Å². The van der Waals surface area contributed by atoms with Gasteiger partial charge >= 0.3 is 0 Å². The molecule has 2 rings (SSSR count). The summed E-state index contributed by atoms with van der Waals surface area (Å²) in [6.45, 7) is 0.935. The monoisotopic (exact) mass is 179 g/mol. The molecule has 0 atom stereocenters. The Hall–Kier alpha value is -1.16. The normalized spacial score (nSPS) is 16.1. The minimum Gasteiger partial charge on any atom is -0.324 e. The van der Waals surface area contributed by atoms with Crippen LogP contribution in [0, 0.1) is 5.92 Å². The highest BCUT2D eigenvalue weighted by molar-refractivity contribution is 5.95. The summed E-state index contributed by atoms with van der Waals surface area (Å²) in [6, 6.07) is 1.73. The molecule has 0 radical (unpaired) electrons. The highest BCUT2D eigenvalue weighted by Gasteiger charge is 2.23. The molecule has 1 fully saturated rings. The van der Waals surface area contributed by atoms with Crippen LogP contribution in [-0.2, 0) is 6.54 Å². The number of Topliss-reactive ketones (excluding diaryl/α,β-unsaturated/α-hetero) is 1. The molecule has 1 aromatic heterocycles. The van der Waals surface area contributed by atoms with Crippen molar-refractivity contribution in [3.63, 3.8) is 0 Å². The number of aromatic nitrogens is 2. The maximum absolute atomic E-state index is 11.3. The van der Waals surface area contributed by atoms with E-state index in [9.17, 15) is 4.79 Å². The summed E-state index contributed by atoms with van der Waals surface area (Å²) in [6.07, 6.45) is 4.18. The molecule has 1 heterocycles. The summed E-state index contributed by atoms with van der Waals surface area (Å²) in [5.74, 6) is 0.697. The molecule has 1 aromatic rings. The fourth-order valence-corrected chi connectivity index (χ4v) is 1.36. The van der Waals surface area contributed by atoms with E-state index in [1.807, 2.05) is 0 Å². The van der Waals surface area contributed by atoms with E-state index >= 15 is 0 Å². The Morgan fingerprint density at radius 3 is 3.08 bits per heavy atom. The van der Waals surface area contributed by atoms with Gasteiger partial charge in [0.1, 0.15) is 5.69 Å². The molecule has 70 valence electrons. The molecule has 1 aliphatic carbocycles. The highest BCUT2D eigenvalue weighted by Crippen LogP contribution is 2.30. The third kappa shape index (κ3) is 1.78. The van der Waals surface area contributed by atoms with Crippen LogP contribution in [0.3, 0.4) is 0 Å². The lowest BCUT2D eigenvalue weighted by atomic mass is 10.3. The first-order valence-corrected chi connectivity index (χ1v) is 4.56. The molecule has 13 heavy (non-hydrogen) atoms. The molecule has 0 amide bonds. The Kier molecular flexibility index (Phi) is 2.14. The van der Waals surface area contributed by atoms with E-state index < -0.39 is 0 Å². The average molecular weight is 179 g/mol. The Balaban J connectivity index is 2.14. The van der Waals surface area contributed by atoms with Gasteiger partial charge in [0, 0.05) is 12.7 Å². The predicted molar refractivity (Wildman–Crippen MR) is 48.3 cm³/mol. The van der Waals surface area contributed by atoms with Gasteiger partial charge in [0.05, 0.1) is 6.54 Å². The van der Waals surface area contributed by atoms with Crippen molar-refractivity contribution in [3.8, 4) is 0 Å². The van der Waals surface area contributed by atoms with E-state index in [0.29, 0.717) is 5.69 Å². The number of hydrogen-bond acceptors (Lipinski definition) is 3. The number of rotatable bonds is 4. The molecule has 4 nitrogen and oxygen atoms in total. The van der Waals surface area contributed by atoms with Crippen LogP contribution in [0.15, 0.2) is 12.3 Å². The van der Waals surface area contributed by atoms with Crippen LogP contribution in [0.2, 0.25) is 0 Å². The Morgan fingerprint density at radius 1 is 1.69 bits per heavy atom. The minimum absolute atomic E-state index is 0.0295. The summed E-state index contributed by atoms with van der Waals surface area (Å²) >= 11 is 0. The molecule has 4 heteroatoms. The van der Waals surface area contributed by atoms with Crippen LogP contribution in [0.5, 0.6) is 0 Å². The third-order valence-electron chi connectivity index (χ3n) is 2.32. The van der Waals surface area contributed by atoms with Gasteiger partial charge in [0.15, 0.2) is 5.78 Å². The van der Waals surface area contributed by atoms with Crippen LogP contribution in [0.25, 0.3) is 0 Å². The first kappa shape index (κ1) is 8.44. The number of nitrogens with zero attached hydrogens (tertiary/aromatic N) is 2. The second kappa shape index (κ2) is 3.30. The van der Waals surface area contributed by atoms with E-state index in [0.717, 1.165) is 12.5 Å². The van der Waals surface area contributed by atoms with Crippen LogP contribution in [0.4, 0.5) is 0 Å². The van der Waals surface area contributed by atoms with Crippen molar-refractivity contribution in [2.45, 2.75) is 19.4 Å². The zero-order chi connectivity index (χ0) is 9.26. The van der Waals surface area contributed by atoms with Crippen LogP contribution in [0.1, 0.15) is 23.3 Å². The molecule has 0 aromatic carbocycles. The van der Waals surface area contributed by atoms with E-state index in [2.05, 4.69) is 5.10 Å². The SMILES string of the molecule is NCC(=O)c1ccnn1CC1CC1. The molecular weight excluding hydrogens is 166 g/mol. The van der Waals surface area contributed by atoms with Gasteiger partial charge in [0.2, 0.25) is 0 Å². The quantitative estimate of drug-likeness (QED) is 0.682. The maximum atomic E-state index is 11.3. The van der Waals surface area contributed by atoms with Gasteiger partial charge in [-0.1, -0.05) is 0 Å². The lowest BCUT2D eigenvalue weighted by molar-refractivity contribution is 0.0990. The Bertz CT molecular complexity index is 314. The summed E-state index contributed by atoms with van der Waals surface area (Å²) < 4.78 is 1.77. The summed E-state index contributed by atoms with van der Waals surface area (Å²) in [4.78, 5) is 11.3. The average Bonchev–Trinajstić information content (AvgIpc) is 2.82. The number of carbonyl (C=O) groups is 1. The number of hydrogen-bond donors (Lipinski definition) is 1. The van der Waals surface area contributed by atoms with Crippen LogP contribution >= 0.6 is 0 Å². The largest absolute Gasteiger partial charge is 0.324 e. The summed E-state index contributed by atoms with van der Waals surface area (Å²) in [5.41, 5.74) is 5.94. The standard InChI is InChI=1S/C9H13N3O/c10-5-9(13)8-3-4-11-12(8)6-7-1-2-7/h3-4,7H,1-2,5-6,10H2. The van der Waals surface area contributed by atoms with E-state index in [4.69, 9.17) is 5.73 Å². The van der Waals surface area contributed by atoms with Crippen molar-refractivity contribution in [1.29, 1.82) is 0 Å². The Morgan fingerprint density at radius 2 is 2.46 bits per heavy atom. The second-order valence-electron chi connectivity index (χ2n) is 3.47. The van der Waals surface area contributed by atoms with Crippen molar-refractivity contribution >= 4 is 5.78 Å². The third-order valence-corrected chi connectivity index (χ3v) is 2.32. The van der Waals surface area contributed by atoms with Gasteiger partial charge in [-0.3, -0.25) is 9.48 Å². The number of ketones is 1. The fourth-order valence-electron chi connectivity index (χ4n) is 1.36. The van der Waals surface area contributed by atoms with Crippen molar-refractivity contribution in [3.05, 3.63) is 18.0 Å². The predicted octanol–water partition coefficient (Wildman–Crippen LogP) is 0.434. The van der Waals surface area contributed by atoms with Gasteiger partial charge < -0.3 is 5.73 Å². The molecule has 0 spiro atoms. The molecule has 0 saturated heterocycles. The first-order valence-electron chi connectivity index (χ1n) is 4.56. The topological polar surface area (TPSA) is 60.9 Å². The van der Waals surface area contributed by atoms with E-state index in [-0.39, 0.29) is 12.3 Å². The molecule has 0 aliphatic heterocycles. The smallest absolute Gasteiger partial charge is 0.194 e. The summed E-state index contributed by atoms with van der Waals surface area (Å²) in [7, 11) is 0. The lowest BCUT2D eigenvalue weighted by Crippen LogP contribution is -2.19. The molecule has 2 N–H and O–H groups in total. The zero-order valence-corrected chi connectivity index (χ0v) is 7.44. The highest BCUT2D eigenvalue weighted by atomic mass is 16.1. The molecule has 1 saturated carbocycles. The number of nitrogens with two attached hydrogens (primary N) is 1. The number of carbonyl (C=O) groups excluding carboxylic acids is 1. The van der Waals surface area contributed by atoms with E-state index in [1.54, 1.807) is 16.9 Å². The first-order chi connectivity index (χ1) is 6.31. The minimum atomic E-state index is -0.0295. The van der Waals surface area contributed by atoms with Gasteiger partial charge in [-0.15, -0.1) is 0 Å². The van der Waals surface area contributed by atoms with Crippen molar-refractivity contribution < 1.29 is 4.79 Å². The second-order valence-corrected chi connectivity index (χ2v) is 3.47. The zero-order valence-electron chi connectivity index (χ0n) is 7.44. The van der Waals surface area contributed by atoms with E-state index in [1.165, 1.54) is 12.8 Å². The lowest BCUT2D eigenvalue weighted by Gasteiger charge is -2.03. The van der Waals surface area contributed by atoms with Crippen molar-refractivity contribution in [2.75, 3.05) is 6.54 Å². The van der Waals surface area contributed by atoms with Gasteiger partial charge in [-0.25, -0.2) is 0 Å². The van der Waals surface area contributed by atoms with Crippen molar-refractivity contribution in [2.24, 2.45) is 11.7 Å². The van der Waals surface area contributed by atoms with Crippen molar-refractivity contribution in [1.82, 2.24) is 9.78 Å². The summed E-state index contributed by atoms with van der Waals surface area (Å²) in [5, 5.41) is 4.11. The molecular formula is C9H13N3O. The van der Waals surface area contributed by atoms with Crippen LogP contribution in [-0.4, -0.2) is 22.1 Å². The van der Waals surface area contributed by atoms with Gasteiger partial charge in [-0.2, -0.15) is 5.10 Å². The molecule has 0 bridgehead atoms. The molecule has 1 aliphatic rings. The Labute approximate surface area is 76.7 Å². The molecule has 0 unspecified atom stereocenters. The fraction of sp³-hybridized carbons (Fsp3) is 0.556.